The van der Waals surface area contributed by atoms with E-state index < -0.39 is 0 Å². The van der Waals surface area contributed by atoms with E-state index in [1.54, 1.807) is 11.3 Å². The molecular formula is C11H17N3OS. The molecule has 1 aromatic heterocycles. The minimum absolute atomic E-state index is 0.0492. The van der Waals surface area contributed by atoms with Gasteiger partial charge in [0.05, 0.1) is 5.69 Å². The van der Waals surface area contributed by atoms with Gasteiger partial charge in [-0.1, -0.05) is 0 Å². The number of rotatable bonds is 2. The summed E-state index contributed by atoms with van der Waals surface area (Å²) in [5.41, 5.74) is 1.16. The molecule has 2 heterocycles. The Labute approximate surface area is 99.7 Å². The molecule has 0 fully saturated rings. The lowest BCUT2D eigenvalue weighted by molar-refractivity contribution is -0.114. The van der Waals surface area contributed by atoms with Crippen molar-refractivity contribution in [2.45, 2.75) is 39.8 Å². The van der Waals surface area contributed by atoms with Crippen molar-refractivity contribution in [3.8, 4) is 0 Å². The van der Waals surface area contributed by atoms with E-state index in [1.807, 2.05) is 0 Å². The van der Waals surface area contributed by atoms with Gasteiger partial charge in [-0.15, -0.1) is 11.3 Å². The molecule has 0 saturated carbocycles. The van der Waals surface area contributed by atoms with E-state index in [0.717, 1.165) is 30.3 Å². The number of fused-ring (bicyclic) bond motifs is 1. The third-order valence-corrected chi connectivity index (χ3v) is 3.77. The van der Waals surface area contributed by atoms with Crippen LogP contribution in [0.15, 0.2) is 0 Å². The minimum Gasteiger partial charge on any atom is -0.302 e. The molecule has 4 nitrogen and oxygen atoms in total. The zero-order valence-corrected chi connectivity index (χ0v) is 10.7. The summed E-state index contributed by atoms with van der Waals surface area (Å²) in [6.07, 6.45) is 0.990. The Bertz CT molecular complexity index is 400. The number of nitrogens with one attached hydrogen (secondary N) is 1. The Morgan fingerprint density at radius 3 is 2.94 bits per heavy atom. The normalized spacial score (nSPS) is 16.2. The lowest BCUT2D eigenvalue weighted by atomic mass is 10.1. The third kappa shape index (κ3) is 2.41. The van der Waals surface area contributed by atoms with E-state index in [1.165, 1.54) is 11.8 Å². The van der Waals surface area contributed by atoms with Gasteiger partial charge >= 0.3 is 0 Å². The Morgan fingerprint density at radius 2 is 2.31 bits per heavy atom. The van der Waals surface area contributed by atoms with Crippen LogP contribution in [0.2, 0.25) is 0 Å². The van der Waals surface area contributed by atoms with Gasteiger partial charge in [0.1, 0.15) is 0 Å². The second-order valence-corrected chi connectivity index (χ2v) is 5.47. The number of hydrogen-bond donors (Lipinski definition) is 1. The first-order chi connectivity index (χ1) is 7.56. The molecule has 0 bridgehead atoms. The van der Waals surface area contributed by atoms with Crippen molar-refractivity contribution in [2.75, 3.05) is 11.9 Å². The topological polar surface area (TPSA) is 45.2 Å². The molecule has 5 heteroatoms. The maximum atomic E-state index is 10.9. The zero-order chi connectivity index (χ0) is 11.7. The average Bonchev–Trinajstić information content (AvgIpc) is 2.56. The molecule has 16 heavy (non-hydrogen) atoms. The van der Waals surface area contributed by atoms with Crippen LogP contribution in [0.3, 0.4) is 0 Å². The summed E-state index contributed by atoms with van der Waals surface area (Å²) in [5, 5.41) is 3.49. The van der Waals surface area contributed by atoms with Crippen LogP contribution in [0, 0.1) is 0 Å². The van der Waals surface area contributed by atoms with Gasteiger partial charge in [0.2, 0.25) is 5.91 Å². The molecule has 2 rings (SSSR count). The van der Waals surface area contributed by atoms with Gasteiger partial charge < -0.3 is 5.32 Å². The second kappa shape index (κ2) is 4.51. The van der Waals surface area contributed by atoms with Gasteiger partial charge in [-0.05, 0) is 13.8 Å². The summed E-state index contributed by atoms with van der Waals surface area (Å²) >= 11 is 1.60. The van der Waals surface area contributed by atoms with Gasteiger partial charge in [0.15, 0.2) is 5.13 Å². The van der Waals surface area contributed by atoms with Gasteiger partial charge in [-0.3, -0.25) is 9.69 Å². The van der Waals surface area contributed by atoms with Crippen molar-refractivity contribution in [3.05, 3.63) is 10.6 Å². The maximum absolute atomic E-state index is 10.9. The lowest BCUT2D eigenvalue weighted by Gasteiger charge is -2.29. The Morgan fingerprint density at radius 1 is 1.56 bits per heavy atom. The highest BCUT2D eigenvalue weighted by atomic mass is 32.1. The van der Waals surface area contributed by atoms with E-state index in [2.05, 4.69) is 29.0 Å². The molecule has 0 aromatic carbocycles. The van der Waals surface area contributed by atoms with Crippen molar-refractivity contribution in [1.29, 1.82) is 0 Å². The average molecular weight is 239 g/mol. The Kier molecular flexibility index (Phi) is 3.25. The third-order valence-electron chi connectivity index (χ3n) is 2.77. The second-order valence-electron chi connectivity index (χ2n) is 4.38. The molecule has 1 aliphatic heterocycles. The van der Waals surface area contributed by atoms with Gasteiger partial charge in [-0.2, -0.15) is 0 Å². The van der Waals surface area contributed by atoms with Crippen LogP contribution >= 0.6 is 11.3 Å². The fourth-order valence-corrected chi connectivity index (χ4v) is 2.94. The summed E-state index contributed by atoms with van der Waals surface area (Å²) in [7, 11) is 0. The van der Waals surface area contributed by atoms with Crippen LogP contribution in [0.5, 0.6) is 0 Å². The molecular weight excluding hydrogens is 222 g/mol. The molecule has 1 N–H and O–H groups in total. The molecule has 1 aliphatic rings. The van der Waals surface area contributed by atoms with Crippen molar-refractivity contribution >= 4 is 22.4 Å². The quantitative estimate of drug-likeness (QED) is 0.857. The molecule has 0 unspecified atom stereocenters. The van der Waals surface area contributed by atoms with E-state index in [0.29, 0.717) is 6.04 Å². The number of aromatic nitrogens is 1. The number of amides is 1. The summed E-state index contributed by atoms with van der Waals surface area (Å²) in [5.74, 6) is -0.0492. The van der Waals surface area contributed by atoms with Crippen molar-refractivity contribution < 1.29 is 4.79 Å². The molecule has 1 amide bonds. The van der Waals surface area contributed by atoms with Gasteiger partial charge in [0.25, 0.3) is 0 Å². The molecule has 0 saturated heterocycles. The number of nitrogens with zero attached hydrogens (tertiary/aromatic N) is 2. The molecule has 0 radical (unpaired) electrons. The fraction of sp³-hybridized carbons (Fsp3) is 0.636. The number of anilines is 1. The van der Waals surface area contributed by atoms with Crippen molar-refractivity contribution in [1.82, 2.24) is 9.88 Å². The largest absolute Gasteiger partial charge is 0.302 e. The predicted molar refractivity (Wildman–Crippen MR) is 65.7 cm³/mol. The Hall–Kier alpha value is -0.940. The highest BCUT2D eigenvalue weighted by Crippen LogP contribution is 2.28. The van der Waals surface area contributed by atoms with Crippen molar-refractivity contribution in [3.63, 3.8) is 0 Å². The summed E-state index contributed by atoms with van der Waals surface area (Å²) < 4.78 is 0. The van der Waals surface area contributed by atoms with E-state index >= 15 is 0 Å². The first kappa shape index (κ1) is 11.5. The first-order valence-corrected chi connectivity index (χ1v) is 6.38. The van der Waals surface area contributed by atoms with E-state index in [4.69, 9.17) is 0 Å². The predicted octanol–water partition coefficient (Wildman–Crippen LogP) is 1.87. The smallest absolute Gasteiger partial charge is 0.223 e. The SMILES string of the molecule is CC(=O)Nc1nc2c(s1)CN(C(C)C)CC2. The van der Waals surface area contributed by atoms with E-state index in [-0.39, 0.29) is 5.91 Å². The van der Waals surface area contributed by atoms with Crippen molar-refractivity contribution in [2.24, 2.45) is 0 Å². The highest BCUT2D eigenvalue weighted by Gasteiger charge is 2.22. The summed E-state index contributed by atoms with van der Waals surface area (Å²) in [6, 6.07) is 0.569. The number of thiazole rings is 1. The van der Waals surface area contributed by atoms with Crippen LogP contribution in [-0.2, 0) is 17.8 Å². The van der Waals surface area contributed by atoms with E-state index in [9.17, 15) is 4.79 Å². The van der Waals surface area contributed by atoms with Crippen LogP contribution in [-0.4, -0.2) is 28.4 Å². The standard InChI is InChI=1S/C11H17N3OS/c1-7(2)14-5-4-9-10(6-14)16-11(13-9)12-8(3)15/h7H,4-6H2,1-3H3,(H,12,13,15). The summed E-state index contributed by atoms with van der Waals surface area (Å²) in [6.45, 7) is 7.96. The number of carbonyl (C=O) groups is 1. The molecule has 0 spiro atoms. The van der Waals surface area contributed by atoms with Crippen LogP contribution in [0.4, 0.5) is 5.13 Å². The minimum atomic E-state index is -0.0492. The highest BCUT2D eigenvalue weighted by molar-refractivity contribution is 7.15. The number of carbonyl (C=O) groups excluding carboxylic acids is 1. The zero-order valence-electron chi connectivity index (χ0n) is 9.91. The molecule has 88 valence electrons. The molecule has 0 aliphatic carbocycles. The maximum Gasteiger partial charge on any atom is 0.223 e. The summed E-state index contributed by atoms with van der Waals surface area (Å²) in [4.78, 5) is 19.1. The fourth-order valence-electron chi connectivity index (χ4n) is 1.86. The number of hydrogen-bond acceptors (Lipinski definition) is 4. The van der Waals surface area contributed by atoms with Crippen LogP contribution in [0.1, 0.15) is 31.3 Å². The lowest BCUT2D eigenvalue weighted by Crippen LogP contribution is -2.35. The molecule has 0 atom stereocenters. The molecule has 1 aromatic rings. The van der Waals surface area contributed by atoms with Crippen LogP contribution < -0.4 is 5.32 Å². The first-order valence-electron chi connectivity index (χ1n) is 5.56. The van der Waals surface area contributed by atoms with Gasteiger partial charge in [0, 0.05) is 37.4 Å². The van der Waals surface area contributed by atoms with Gasteiger partial charge in [-0.25, -0.2) is 4.98 Å². The monoisotopic (exact) mass is 239 g/mol. The Balaban J connectivity index is 2.13. The van der Waals surface area contributed by atoms with Crippen LogP contribution in [0.25, 0.3) is 0 Å².